The topological polar surface area (TPSA) is 60.0 Å². The molecule has 6 rings (SSSR count). The van der Waals surface area contributed by atoms with Gasteiger partial charge in [-0.15, -0.1) is 0 Å². The number of anilines is 1. The molecule has 0 spiro atoms. The van der Waals surface area contributed by atoms with Crippen LogP contribution in [0.1, 0.15) is 36.6 Å². The Hall–Kier alpha value is -3.39. The first-order chi connectivity index (χ1) is 17.1. The van der Waals surface area contributed by atoms with Crippen molar-refractivity contribution in [1.29, 1.82) is 0 Å². The summed E-state index contributed by atoms with van der Waals surface area (Å²) in [5.41, 5.74) is 3.06. The smallest absolute Gasteiger partial charge is 0.231 e. The largest absolute Gasteiger partial charge is 0.454 e. The van der Waals surface area contributed by atoms with Crippen LogP contribution in [-0.4, -0.2) is 41.3 Å². The van der Waals surface area contributed by atoms with Crippen LogP contribution in [-0.2, 0) is 19.5 Å². The van der Waals surface area contributed by atoms with Crippen molar-refractivity contribution in [3.63, 3.8) is 0 Å². The molecule has 1 saturated heterocycles. The van der Waals surface area contributed by atoms with Crippen LogP contribution in [0.2, 0.25) is 0 Å². The van der Waals surface area contributed by atoms with Gasteiger partial charge in [-0.1, -0.05) is 25.1 Å². The standard InChI is InChI=1S/C27H29FN4O3/c1-18-8-12-32(13-9-18)27-29-22-10-11-31(15-19-6-7-24-25(14-19)34-17-33-24)16-20(22)26(30-27)35-23-5-3-2-4-21(23)28/h2-7,14,18H,8-13,15-17H2,1H3. The number of halogens is 1. The minimum Gasteiger partial charge on any atom is -0.454 e. The van der Waals surface area contributed by atoms with Gasteiger partial charge in [0.15, 0.2) is 23.1 Å². The molecule has 35 heavy (non-hydrogen) atoms. The van der Waals surface area contributed by atoms with Gasteiger partial charge in [-0.3, -0.25) is 4.90 Å². The summed E-state index contributed by atoms with van der Waals surface area (Å²) in [5, 5.41) is 0. The van der Waals surface area contributed by atoms with E-state index in [1.807, 2.05) is 12.1 Å². The second-order valence-electron chi connectivity index (χ2n) is 9.60. The normalized spacial score (nSPS) is 17.9. The molecule has 0 radical (unpaired) electrons. The molecule has 3 aromatic rings. The molecule has 8 heteroatoms. The Labute approximate surface area is 204 Å². The van der Waals surface area contributed by atoms with Gasteiger partial charge in [0.25, 0.3) is 0 Å². The van der Waals surface area contributed by atoms with Gasteiger partial charge in [-0.2, -0.15) is 4.98 Å². The van der Waals surface area contributed by atoms with Crippen LogP contribution >= 0.6 is 0 Å². The van der Waals surface area contributed by atoms with Gasteiger partial charge >= 0.3 is 0 Å². The third-order valence-corrected chi connectivity index (χ3v) is 7.04. The molecule has 0 amide bonds. The summed E-state index contributed by atoms with van der Waals surface area (Å²) in [4.78, 5) is 14.3. The van der Waals surface area contributed by atoms with Gasteiger partial charge in [-0.25, -0.2) is 9.37 Å². The first-order valence-electron chi connectivity index (χ1n) is 12.3. The Morgan fingerprint density at radius 2 is 1.86 bits per heavy atom. The first kappa shape index (κ1) is 22.1. The molecular formula is C27H29FN4O3. The predicted molar refractivity (Wildman–Crippen MR) is 130 cm³/mol. The van der Waals surface area contributed by atoms with Crippen LogP contribution < -0.4 is 19.1 Å². The average molecular weight is 477 g/mol. The van der Waals surface area contributed by atoms with Crippen molar-refractivity contribution in [2.45, 2.75) is 39.3 Å². The molecule has 4 heterocycles. The van der Waals surface area contributed by atoms with E-state index in [4.69, 9.17) is 24.2 Å². The zero-order chi connectivity index (χ0) is 23.8. The number of ether oxygens (including phenoxy) is 3. The number of para-hydroxylation sites is 1. The molecule has 3 aliphatic rings. The second-order valence-corrected chi connectivity index (χ2v) is 9.60. The number of hydrogen-bond acceptors (Lipinski definition) is 7. The van der Waals surface area contributed by atoms with Crippen molar-refractivity contribution in [2.75, 3.05) is 31.3 Å². The monoisotopic (exact) mass is 476 g/mol. The Morgan fingerprint density at radius 3 is 2.71 bits per heavy atom. The fraction of sp³-hybridized carbons (Fsp3) is 0.407. The Bertz CT molecular complexity index is 1230. The summed E-state index contributed by atoms with van der Waals surface area (Å²) >= 11 is 0. The fourth-order valence-corrected chi connectivity index (χ4v) is 4.93. The molecule has 0 N–H and O–H groups in total. The molecule has 2 aromatic carbocycles. The fourth-order valence-electron chi connectivity index (χ4n) is 4.93. The Morgan fingerprint density at radius 1 is 1.03 bits per heavy atom. The number of aromatic nitrogens is 2. The predicted octanol–water partition coefficient (Wildman–Crippen LogP) is 4.93. The van der Waals surface area contributed by atoms with Crippen LogP contribution in [0.3, 0.4) is 0 Å². The van der Waals surface area contributed by atoms with Crippen molar-refractivity contribution in [1.82, 2.24) is 14.9 Å². The summed E-state index contributed by atoms with van der Waals surface area (Å²) in [5.74, 6) is 3.19. The minimum absolute atomic E-state index is 0.180. The van der Waals surface area contributed by atoms with Crippen molar-refractivity contribution >= 4 is 5.95 Å². The average Bonchev–Trinajstić information content (AvgIpc) is 3.34. The van der Waals surface area contributed by atoms with Gasteiger partial charge in [-0.05, 0) is 48.6 Å². The van der Waals surface area contributed by atoms with E-state index in [0.29, 0.717) is 24.3 Å². The number of nitrogens with zero attached hydrogens (tertiary/aromatic N) is 4. The van der Waals surface area contributed by atoms with Crippen LogP contribution in [0.15, 0.2) is 42.5 Å². The van der Waals surface area contributed by atoms with Gasteiger partial charge < -0.3 is 19.1 Å². The third-order valence-electron chi connectivity index (χ3n) is 7.04. The lowest BCUT2D eigenvalue weighted by atomic mass is 9.99. The number of fused-ring (bicyclic) bond motifs is 2. The van der Waals surface area contributed by atoms with E-state index in [1.54, 1.807) is 18.2 Å². The van der Waals surface area contributed by atoms with E-state index in [-0.39, 0.29) is 12.5 Å². The molecule has 0 bridgehead atoms. The molecule has 1 fully saturated rings. The number of rotatable bonds is 5. The Kier molecular flexibility index (Phi) is 5.90. The molecule has 7 nitrogen and oxygen atoms in total. The molecule has 0 aliphatic carbocycles. The second kappa shape index (κ2) is 9.34. The summed E-state index contributed by atoms with van der Waals surface area (Å²) < 4.78 is 31.5. The molecular weight excluding hydrogens is 447 g/mol. The highest BCUT2D eigenvalue weighted by Crippen LogP contribution is 2.35. The zero-order valence-electron chi connectivity index (χ0n) is 19.9. The molecule has 0 saturated carbocycles. The van der Waals surface area contributed by atoms with Crippen molar-refractivity contribution in [3.05, 3.63) is 65.1 Å². The molecule has 3 aliphatic heterocycles. The maximum Gasteiger partial charge on any atom is 0.231 e. The van der Waals surface area contributed by atoms with E-state index >= 15 is 0 Å². The number of piperidine rings is 1. The summed E-state index contributed by atoms with van der Waals surface area (Å²) in [7, 11) is 0. The molecule has 0 unspecified atom stereocenters. The SMILES string of the molecule is CC1CCN(c2nc3c(c(Oc4ccccc4F)n2)CN(Cc2ccc4c(c2)OCO4)CC3)CC1. The van der Waals surface area contributed by atoms with Gasteiger partial charge in [0.2, 0.25) is 18.6 Å². The molecule has 1 aromatic heterocycles. The highest BCUT2D eigenvalue weighted by Gasteiger charge is 2.27. The molecule has 182 valence electrons. The van der Waals surface area contributed by atoms with Gasteiger partial charge in [0.05, 0.1) is 11.3 Å². The van der Waals surface area contributed by atoms with Crippen LogP contribution in [0.5, 0.6) is 23.1 Å². The van der Waals surface area contributed by atoms with Crippen molar-refractivity contribution in [3.8, 4) is 23.1 Å². The zero-order valence-corrected chi connectivity index (χ0v) is 19.9. The van der Waals surface area contributed by atoms with E-state index in [9.17, 15) is 4.39 Å². The van der Waals surface area contributed by atoms with Crippen LogP contribution in [0, 0.1) is 11.7 Å². The maximum atomic E-state index is 14.5. The van der Waals surface area contributed by atoms with Crippen molar-refractivity contribution < 1.29 is 18.6 Å². The summed E-state index contributed by atoms with van der Waals surface area (Å²) in [6.07, 6.45) is 3.02. The van der Waals surface area contributed by atoms with Gasteiger partial charge in [0, 0.05) is 39.1 Å². The summed E-state index contributed by atoms with van der Waals surface area (Å²) in [6, 6.07) is 12.5. The van der Waals surface area contributed by atoms with E-state index in [1.165, 1.54) is 6.07 Å². The van der Waals surface area contributed by atoms with Gasteiger partial charge in [0.1, 0.15) is 0 Å². The lowest BCUT2D eigenvalue weighted by Gasteiger charge is -2.33. The van der Waals surface area contributed by atoms with Crippen LogP contribution in [0.4, 0.5) is 10.3 Å². The third kappa shape index (κ3) is 4.62. The first-order valence-corrected chi connectivity index (χ1v) is 12.3. The summed E-state index contributed by atoms with van der Waals surface area (Å²) in [6.45, 7) is 6.65. The number of benzene rings is 2. The lowest BCUT2D eigenvalue weighted by Crippen LogP contribution is -2.36. The number of hydrogen-bond donors (Lipinski definition) is 0. The van der Waals surface area contributed by atoms with Crippen molar-refractivity contribution in [2.24, 2.45) is 5.92 Å². The maximum absolute atomic E-state index is 14.5. The van der Waals surface area contributed by atoms with E-state index in [2.05, 4.69) is 22.8 Å². The lowest BCUT2D eigenvalue weighted by molar-refractivity contribution is 0.174. The van der Waals surface area contributed by atoms with E-state index in [0.717, 1.165) is 73.8 Å². The highest BCUT2D eigenvalue weighted by atomic mass is 19.1. The van der Waals surface area contributed by atoms with E-state index < -0.39 is 5.82 Å². The highest BCUT2D eigenvalue weighted by molar-refractivity contribution is 5.46. The van der Waals surface area contributed by atoms with Crippen LogP contribution in [0.25, 0.3) is 0 Å². The molecule has 0 atom stereocenters. The Balaban J connectivity index is 1.29. The minimum atomic E-state index is -0.402. The quantitative estimate of drug-likeness (QED) is 0.517.